The Hall–Kier alpha value is -3.75. The van der Waals surface area contributed by atoms with E-state index in [2.05, 4.69) is 9.97 Å². The van der Waals surface area contributed by atoms with Crippen LogP contribution in [0.15, 0.2) is 46.1 Å². The predicted octanol–water partition coefficient (Wildman–Crippen LogP) is 1.72. The lowest BCUT2D eigenvalue weighted by Crippen LogP contribution is -2.35. The topological polar surface area (TPSA) is 131 Å². The van der Waals surface area contributed by atoms with Crippen molar-refractivity contribution in [3.63, 3.8) is 0 Å². The van der Waals surface area contributed by atoms with Gasteiger partial charge < -0.3 is 10.6 Å². The summed E-state index contributed by atoms with van der Waals surface area (Å²) in [6.45, 7) is 4.39. The third-order valence-electron chi connectivity index (χ3n) is 4.96. The quantitative estimate of drug-likeness (QED) is 0.569. The minimum absolute atomic E-state index is 0.0160. The molecule has 0 atom stereocenters. The van der Waals surface area contributed by atoms with Crippen LogP contribution in [0.1, 0.15) is 42.1 Å². The number of anilines is 1. The molecule has 0 unspecified atom stereocenters. The van der Waals surface area contributed by atoms with Crippen LogP contribution >= 0.6 is 0 Å². The molecule has 3 rings (SSSR count). The van der Waals surface area contributed by atoms with Crippen LogP contribution in [0.4, 0.5) is 5.69 Å². The van der Waals surface area contributed by atoms with Crippen molar-refractivity contribution in [3.05, 3.63) is 68.5 Å². The van der Waals surface area contributed by atoms with Crippen molar-refractivity contribution in [2.24, 2.45) is 5.73 Å². The van der Waals surface area contributed by atoms with Crippen molar-refractivity contribution < 1.29 is 9.59 Å². The third-order valence-corrected chi connectivity index (χ3v) is 4.96. The molecule has 3 N–H and O–H groups in total. The van der Waals surface area contributed by atoms with Gasteiger partial charge in [-0.2, -0.15) is 0 Å². The van der Waals surface area contributed by atoms with Gasteiger partial charge in [0, 0.05) is 31.4 Å². The summed E-state index contributed by atoms with van der Waals surface area (Å²) in [6.07, 6.45) is 2.95. The number of unbranched alkanes of at least 4 members (excludes halogenated alkanes) is 1. The van der Waals surface area contributed by atoms with Crippen LogP contribution < -0.4 is 21.9 Å². The molecule has 9 heteroatoms. The van der Waals surface area contributed by atoms with E-state index in [0.717, 1.165) is 18.4 Å². The lowest BCUT2D eigenvalue weighted by Gasteiger charge is -2.23. The molecule has 2 amide bonds. The number of nitrogens with zero attached hydrogens (tertiary/aromatic N) is 3. The molecule has 0 radical (unpaired) electrons. The summed E-state index contributed by atoms with van der Waals surface area (Å²) in [4.78, 5) is 57.2. The zero-order chi connectivity index (χ0) is 22.5. The zero-order valence-electron chi connectivity index (χ0n) is 17.6. The Morgan fingerprint density at radius 1 is 1.23 bits per heavy atom. The lowest BCUT2D eigenvalue weighted by molar-refractivity contribution is -0.117. The van der Waals surface area contributed by atoms with E-state index in [-0.39, 0.29) is 29.6 Å². The fourth-order valence-electron chi connectivity index (χ4n) is 3.33. The maximum atomic E-state index is 13.3. The van der Waals surface area contributed by atoms with Crippen LogP contribution in [0.3, 0.4) is 0 Å². The van der Waals surface area contributed by atoms with Gasteiger partial charge in [-0.3, -0.25) is 23.9 Å². The van der Waals surface area contributed by atoms with Gasteiger partial charge in [0.1, 0.15) is 5.65 Å². The molecule has 0 fully saturated rings. The second-order valence-electron chi connectivity index (χ2n) is 7.37. The second-order valence-corrected chi connectivity index (χ2v) is 7.37. The molecule has 0 bridgehead atoms. The number of benzene rings is 1. The number of H-pyrrole nitrogens is 1. The number of fused-ring (bicyclic) bond motifs is 1. The Kier molecular flexibility index (Phi) is 6.64. The van der Waals surface area contributed by atoms with Crippen LogP contribution in [0.5, 0.6) is 0 Å². The fourth-order valence-corrected chi connectivity index (χ4v) is 3.33. The largest absolute Gasteiger partial charge is 0.370 e. The molecule has 31 heavy (non-hydrogen) atoms. The first-order chi connectivity index (χ1) is 14.8. The number of nitrogens with one attached hydrogen (secondary N) is 1. The summed E-state index contributed by atoms with van der Waals surface area (Å²) in [5.74, 6) is -0.953. The molecule has 0 saturated carbocycles. The first kappa shape index (κ1) is 21.9. The molecule has 0 saturated heterocycles. The zero-order valence-corrected chi connectivity index (χ0v) is 17.6. The van der Waals surface area contributed by atoms with E-state index in [1.807, 2.05) is 32.0 Å². The van der Waals surface area contributed by atoms with E-state index in [1.54, 1.807) is 6.07 Å². The molecule has 0 aliphatic rings. The summed E-state index contributed by atoms with van der Waals surface area (Å²) < 4.78 is 1.40. The Bertz CT molecular complexity index is 1240. The molecule has 0 aliphatic carbocycles. The van der Waals surface area contributed by atoms with E-state index < -0.39 is 23.1 Å². The summed E-state index contributed by atoms with van der Waals surface area (Å²) in [7, 11) is 0. The standard InChI is InChI=1S/C22H25N5O4/c1-3-4-9-27-19-17(20(29)25-22(27)31)12-15(13-24-19)21(30)26(10-8-18(23)28)16-7-5-6-14(2)11-16/h5-7,11-13H,3-4,8-10H2,1-2H3,(H2,23,28)(H,25,29,31). The molecule has 0 aliphatic heterocycles. The Morgan fingerprint density at radius 2 is 2.00 bits per heavy atom. The minimum atomic E-state index is -0.603. The van der Waals surface area contributed by atoms with E-state index in [1.165, 1.54) is 21.7 Å². The Balaban J connectivity index is 2.07. The van der Waals surface area contributed by atoms with Gasteiger partial charge in [0.05, 0.1) is 10.9 Å². The summed E-state index contributed by atoms with van der Waals surface area (Å²) in [6, 6.07) is 8.72. The third kappa shape index (κ3) is 4.88. The van der Waals surface area contributed by atoms with Gasteiger partial charge in [0.25, 0.3) is 11.5 Å². The average Bonchev–Trinajstić information content (AvgIpc) is 2.73. The molecule has 0 spiro atoms. The number of rotatable bonds is 8. The van der Waals surface area contributed by atoms with E-state index in [4.69, 9.17) is 5.73 Å². The highest BCUT2D eigenvalue weighted by molar-refractivity contribution is 6.07. The molecule has 162 valence electrons. The number of aryl methyl sites for hydroxylation is 2. The predicted molar refractivity (Wildman–Crippen MR) is 118 cm³/mol. The van der Waals surface area contributed by atoms with Crippen molar-refractivity contribution in [3.8, 4) is 0 Å². The van der Waals surface area contributed by atoms with Crippen molar-refractivity contribution >= 4 is 28.5 Å². The fraction of sp³-hybridized carbons (Fsp3) is 0.318. The summed E-state index contributed by atoms with van der Waals surface area (Å²) in [5.41, 5.74) is 6.11. The lowest BCUT2D eigenvalue weighted by atomic mass is 10.1. The molecular formula is C22H25N5O4. The van der Waals surface area contributed by atoms with Crippen LogP contribution in [0, 0.1) is 6.92 Å². The number of aromatic amines is 1. The average molecular weight is 423 g/mol. The Labute approximate surface area is 178 Å². The number of hydrogen-bond donors (Lipinski definition) is 2. The van der Waals surface area contributed by atoms with Gasteiger partial charge in [-0.25, -0.2) is 9.78 Å². The molecule has 1 aromatic carbocycles. The van der Waals surface area contributed by atoms with Crippen molar-refractivity contribution in [1.82, 2.24) is 14.5 Å². The van der Waals surface area contributed by atoms with Crippen molar-refractivity contribution in [1.29, 1.82) is 0 Å². The smallest absolute Gasteiger partial charge is 0.329 e. The summed E-state index contributed by atoms with van der Waals surface area (Å²) in [5, 5.41) is 0.153. The summed E-state index contributed by atoms with van der Waals surface area (Å²) >= 11 is 0. The molecule has 2 heterocycles. The monoisotopic (exact) mass is 423 g/mol. The van der Waals surface area contributed by atoms with Crippen molar-refractivity contribution in [2.45, 2.75) is 39.7 Å². The number of pyridine rings is 1. The number of carbonyl (C=O) groups excluding carboxylic acids is 2. The maximum absolute atomic E-state index is 13.3. The van der Waals surface area contributed by atoms with E-state index in [9.17, 15) is 19.2 Å². The number of hydrogen-bond acceptors (Lipinski definition) is 5. The van der Waals surface area contributed by atoms with Gasteiger partial charge in [-0.15, -0.1) is 0 Å². The van der Waals surface area contributed by atoms with Crippen LogP contribution in [-0.4, -0.2) is 32.9 Å². The molecule has 3 aromatic rings. The second kappa shape index (κ2) is 9.38. The van der Waals surface area contributed by atoms with Gasteiger partial charge in [0.15, 0.2) is 0 Å². The number of primary amides is 1. The van der Waals surface area contributed by atoms with Crippen LogP contribution in [0.25, 0.3) is 11.0 Å². The van der Waals surface area contributed by atoms with Gasteiger partial charge in [-0.05, 0) is 37.1 Å². The van der Waals surface area contributed by atoms with Crippen molar-refractivity contribution in [2.75, 3.05) is 11.4 Å². The van der Waals surface area contributed by atoms with Gasteiger partial charge in [-0.1, -0.05) is 25.5 Å². The van der Waals surface area contributed by atoms with E-state index >= 15 is 0 Å². The highest BCUT2D eigenvalue weighted by atomic mass is 16.2. The molecular weight excluding hydrogens is 398 g/mol. The number of amides is 2. The van der Waals surface area contributed by atoms with Gasteiger partial charge >= 0.3 is 5.69 Å². The first-order valence-electron chi connectivity index (χ1n) is 10.1. The SMILES string of the molecule is CCCCn1c(=O)[nH]c(=O)c2cc(C(=O)N(CCC(N)=O)c3cccc(C)c3)cnc21. The highest BCUT2D eigenvalue weighted by Crippen LogP contribution is 2.20. The maximum Gasteiger partial charge on any atom is 0.329 e. The van der Waals surface area contributed by atoms with Crippen LogP contribution in [-0.2, 0) is 11.3 Å². The number of nitrogens with two attached hydrogens (primary N) is 1. The highest BCUT2D eigenvalue weighted by Gasteiger charge is 2.21. The normalized spacial score (nSPS) is 10.9. The minimum Gasteiger partial charge on any atom is -0.370 e. The van der Waals surface area contributed by atoms with E-state index in [0.29, 0.717) is 12.2 Å². The number of carbonyl (C=O) groups is 2. The van der Waals surface area contributed by atoms with Crippen LogP contribution in [0.2, 0.25) is 0 Å². The number of aromatic nitrogens is 3. The first-order valence-corrected chi connectivity index (χ1v) is 10.1. The van der Waals surface area contributed by atoms with Gasteiger partial charge in [0.2, 0.25) is 5.91 Å². The molecule has 2 aromatic heterocycles. The molecule has 9 nitrogen and oxygen atoms in total. The Morgan fingerprint density at radius 3 is 2.68 bits per heavy atom.